The molecule has 158 valence electrons. The molecule has 0 saturated heterocycles. The Morgan fingerprint density at radius 3 is 2.32 bits per heavy atom. The molecule has 0 spiro atoms. The molecule has 31 heavy (non-hydrogen) atoms. The van der Waals surface area contributed by atoms with Crippen LogP contribution >= 0.6 is 0 Å². The van der Waals surface area contributed by atoms with E-state index < -0.39 is 5.91 Å². The van der Waals surface area contributed by atoms with Gasteiger partial charge in [0.15, 0.2) is 0 Å². The molecule has 0 unspecified atom stereocenters. The number of rotatable bonds is 6. The van der Waals surface area contributed by atoms with Crippen molar-refractivity contribution in [2.24, 2.45) is 0 Å². The maximum absolute atomic E-state index is 12.7. The molecule has 0 bridgehead atoms. The largest absolute Gasteiger partial charge is 0.494 e. The van der Waals surface area contributed by atoms with E-state index in [-0.39, 0.29) is 5.57 Å². The molecule has 1 heterocycles. The number of benzene rings is 2. The summed E-state index contributed by atoms with van der Waals surface area (Å²) in [5.41, 5.74) is 7.01. The first-order valence-electron chi connectivity index (χ1n) is 10.3. The van der Waals surface area contributed by atoms with Gasteiger partial charge in [-0.15, -0.1) is 0 Å². The lowest BCUT2D eigenvalue weighted by atomic mass is 10.1. The van der Waals surface area contributed by atoms with E-state index >= 15 is 0 Å². The number of amides is 1. The third kappa shape index (κ3) is 4.70. The standard InChI is InChI=1S/C26H27N3O2/c1-6-31-24-12-10-23(11-13-24)28-26(30)22(16-27)15-21-14-19(4)29(20(21)5)25-17(2)8-7-9-18(25)3/h7-15H,6H2,1-5H3,(H,28,30)/b22-15+. The fourth-order valence-corrected chi connectivity index (χ4v) is 3.74. The summed E-state index contributed by atoms with van der Waals surface area (Å²) in [6.45, 7) is 10.7. The Bertz CT molecular complexity index is 1160. The molecule has 2 aromatic carbocycles. The van der Waals surface area contributed by atoms with Crippen molar-refractivity contribution in [2.45, 2.75) is 34.6 Å². The molecule has 0 aliphatic rings. The fourth-order valence-electron chi connectivity index (χ4n) is 3.74. The zero-order valence-electron chi connectivity index (χ0n) is 18.6. The van der Waals surface area contributed by atoms with Crippen molar-refractivity contribution in [2.75, 3.05) is 11.9 Å². The smallest absolute Gasteiger partial charge is 0.266 e. The number of hydrogen-bond acceptors (Lipinski definition) is 3. The molecular formula is C26H27N3O2. The number of carbonyl (C=O) groups is 1. The first-order valence-corrected chi connectivity index (χ1v) is 10.3. The second-order valence-electron chi connectivity index (χ2n) is 7.48. The number of anilines is 1. The molecule has 0 fully saturated rings. The van der Waals surface area contributed by atoms with Gasteiger partial charge in [0.1, 0.15) is 17.4 Å². The van der Waals surface area contributed by atoms with Crippen molar-refractivity contribution in [3.05, 3.63) is 82.2 Å². The summed E-state index contributed by atoms with van der Waals surface area (Å²) >= 11 is 0. The fraction of sp³-hybridized carbons (Fsp3) is 0.231. The molecular weight excluding hydrogens is 386 g/mol. The minimum absolute atomic E-state index is 0.0515. The van der Waals surface area contributed by atoms with Crippen LogP contribution < -0.4 is 10.1 Å². The summed E-state index contributed by atoms with van der Waals surface area (Å²) in [4.78, 5) is 12.7. The van der Waals surface area contributed by atoms with E-state index in [0.717, 1.165) is 28.4 Å². The Labute approximate surface area is 183 Å². The predicted molar refractivity (Wildman–Crippen MR) is 125 cm³/mol. The molecule has 0 aliphatic heterocycles. The third-order valence-corrected chi connectivity index (χ3v) is 5.22. The van der Waals surface area contributed by atoms with Crippen molar-refractivity contribution in [1.29, 1.82) is 5.26 Å². The lowest BCUT2D eigenvalue weighted by Crippen LogP contribution is -2.13. The third-order valence-electron chi connectivity index (χ3n) is 5.22. The quantitative estimate of drug-likeness (QED) is 0.419. The van der Waals surface area contributed by atoms with E-state index in [9.17, 15) is 10.1 Å². The van der Waals surface area contributed by atoms with Gasteiger partial charge in [-0.2, -0.15) is 5.26 Å². The van der Waals surface area contributed by atoms with E-state index in [4.69, 9.17) is 4.74 Å². The van der Waals surface area contributed by atoms with E-state index in [2.05, 4.69) is 35.9 Å². The molecule has 3 aromatic rings. The van der Waals surface area contributed by atoms with E-state index in [1.54, 1.807) is 30.3 Å². The maximum Gasteiger partial charge on any atom is 0.266 e. The van der Waals surface area contributed by atoms with Gasteiger partial charge >= 0.3 is 0 Å². The molecule has 5 heteroatoms. The number of nitrogens with zero attached hydrogens (tertiary/aromatic N) is 2. The molecule has 0 saturated carbocycles. The van der Waals surface area contributed by atoms with Crippen LogP contribution in [-0.2, 0) is 4.79 Å². The average Bonchev–Trinajstić information content (AvgIpc) is 3.01. The number of ether oxygens (including phenoxy) is 1. The molecule has 1 aromatic heterocycles. The number of nitrogens with one attached hydrogen (secondary N) is 1. The van der Waals surface area contributed by atoms with Crippen LogP contribution in [0, 0.1) is 39.0 Å². The predicted octanol–water partition coefficient (Wildman–Crippen LogP) is 5.66. The Hall–Kier alpha value is -3.78. The number of aromatic nitrogens is 1. The molecule has 1 N–H and O–H groups in total. The summed E-state index contributed by atoms with van der Waals surface area (Å²) in [6, 6.07) is 17.3. The van der Waals surface area contributed by atoms with Crippen LogP contribution in [0.3, 0.4) is 0 Å². The lowest BCUT2D eigenvalue weighted by Gasteiger charge is -2.15. The van der Waals surface area contributed by atoms with Crippen molar-refractivity contribution >= 4 is 17.7 Å². The van der Waals surface area contributed by atoms with Crippen LogP contribution in [0.5, 0.6) is 5.75 Å². The number of para-hydroxylation sites is 1. The first kappa shape index (κ1) is 21.9. The van der Waals surface area contributed by atoms with Gasteiger partial charge in [0, 0.05) is 17.1 Å². The van der Waals surface area contributed by atoms with Crippen LogP contribution in [0.4, 0.5) is 5.69 Å². The highest BCUT2D eigenvalue weighted by Gasteiger charge is 2.16. The number of carbonyl (C=O) groups excluding carboxylic acids is 1. The van der Waals surface area contributed by atoms with Gasteiger partial charge in [0.05, 0.1) is 12.3 Å². The van der Waals surface area contributed by atoms with E-state index in [1.807, 2.05) is 39.0 Å². The molecule has 1 amide bonds. The summed E-state index contributed by atoms with van der Waals surface area (Å²) in [5, 5.41) is 12.4. The first-order chi connectivity index (χ1) is 14.8. The van der Waals surface area contributed by atoms with Crippen molar-refractivity contribution < 1.29 is 9.53 Å². The highest BCUT2D eigenvalue weighted by Crippen LogP contribution is 2.27. The number of hydrogen-bond donors (Lipinski definition) is 1. The molecule has 3 rings (SSSR count). The summed E-state index contributed by atoms with van der Waals surface area (Å²) in [7, 11) is 0. The minimum atomic E-state index is -0.441. The Morgan fingerprint density at radius 1 is 1.10 bits per heavy atom. The van der Waals surface area contributed by atoms with Gasteiger partial charge in [0.25, 0.3) is 5.91 Å². The van der Waals surface area contributed by atoms with Gasteiger partial charge in [-0.05, 0) is 87.7 Å². The summed E-state index contributed by atoms with van der Waals surface area (Å²) in [6.07, 6.45) is 1.65. The van der Waals surface area contributed by atoms with Crippen molar-refractivity contribution in [3.8, 4) is 17.5 Å². The summed E-state index contributed by atoms with van der Waals surface area (Å²) < 4.78 is 7.59. The van der Waals surface area contributed by atoms with E-state index in [1.165, 1.54) is 11.1 Å². The molecule has 5 nitrogen and oxygen atoms in total. The van der Waals surface area contributed by atoms with E-state index in [0.29, 0.717) is 12.3 Å². The SMILES string of the molecule is CCOc1ccc(NC(=O)/C(C#N)=C/c2cc(C)n(-c3c(C)cccc3C)c2C)cc1. The summed E-state index contributed by atoms with van der Waals surface area (Å²) in [5.74, 6) is 0.291. The molecule has 0 radical (unpaired) electrons. The van der Waals surface area contributed by atoms with Gasteiger partial charge in [-0.25, -0.2) is 0 Å². The van der Waals surface area contributed by atoms with Crippen LogP contribution in [0.25, 0.3) is 11.8 Å². The Balaban J connectivity index is 1.91. The topological polar surface area (TPSA) is 67.0 Å². The van der Waals surface area contributed by atoms with Crippen molar-refractivity contribution in [3.63, 3.8) is 0 Å². The maximum atomic E-state index is 12.7. The van der Waals surface area contributed by atoms with Gasteiger partial charge in [0.2, 0.25) is 0 Å². The van der Waals surface area contributed by atoms with Gasteiger partial charge in [-0.3, -0.25) is 4.79 Å². The van der Waals surface area contributed by atoms with Gasteiger partial charge < -0.3 is 14.6 Å². The highest BCUT2D eigenvalue weighted by molar-refractivity contribution is 6.09. The van der Waals surface area contributed by atoms with Crippen LogP contribution in [-0.4, -0.2) is 17.1 Å². The lowest BCUT2D eigenvalue weighted by molar-refractivity contribution is -0.112. The number of aryl methyl sites for hydroxylation is 3. The second-order valence-corrected chi connectivity index (χ2v) is 7.48. The van der Waals surface area contributed by atoms with Gasteiger partial charge in [-0.1, -0.05) is 18.2 Å². The minimum Gasteiger partial charge on any atom is -0.494 e. The second kappa shape index (κ2) is 9.36. The molecule has 0 atom stereocenters. The zero-order valence-corrected chi connectivity index (χ0v) is 18.6. The normalized spacial score (nSPS) is 11.2. The monoisotopic (exact) mass is 413 g/mol. The Morgan fingerprint density at radius 2 is 1.74 bits per heavy atom. The van der Waals surface area contributed by atoms with Crippen LogP contribution in [0.15, 0.2) is 54.1 Å². The molecule has 0 aliphatic carbocycles. The van der Waals surface area contributed by atoms with Crippen molar-refractivity contribution in [1.82, 2.24) is 4.57 Å². The number of nitriles is 1. The van der Waals surface area contributed by atoms with Crippen LogP contribution in [0.2, 0.25) is 0 Å². The highest BCUT2D eigenvalue weighted by atomic mass is 16.5. The zero-order chi connectivity index (χ0) is 22.5. The Kier molecular flexibility index (Phi) is 6.61. The van der Waals surface area contributed by atoms with Crippen LogP contribution in [0.1, 0.15) is 35.0 Å². The average molecular weight is 414 g/mol.